The van der Waals surface area contributed by atoms with Crippen LogP contribution >= 0.6 is 15.2 Å². The lowest BCUT2D eigenvalue weighted by Crippen LogP contribution is -1.98. The van der Waals surface area contributed by atoms with Gasteiger partial charge in [0.05, 0.1) is 26.4 Å². The topological polar surface area (TPSA) is 71.1 Å². The summed E-state index contributed by atoms with van der Waals surface area (Å²) in [5.74, 6) is 2.65. The Labute approximate surface area is 210 Å². The van der Waals surface area contributed by atoms with E-state index < -0.39 is 15.2 Å². The molecule has 6 nitrogen and oxygen atoms in total. The smallest absolute Gasteiger partial charge is 0.306 e. The normalized spacial score (nSPS) is 15.0. The van der Waals surface area contributed by atoms with E-state index in [9.17, 15) is 9.13 Å². The minimum absolute atomic E-state index is 0.460. The summed E-state index contributed by atoms with van der Waals surface area (Å²) in [6.45, 7) is 13.3. The van der Waals surface area contributed by atoms with Crippen LogP contribution in [-0.4, -0.2) is 26.4 Å². The molecule has 0 aliphatic heterocycles. The van der Waals surface area contributed by atoms with Crippen molar-refractivity contribution in [3.63, 3.8) is 0 Å². The van der Waals surface area contributed by atoms with Crippen LogP contribution in [0.15, 0.2) is 24.8 Å². The van der Waals surface area contributed by atoms with E-state index in [-0.39, 0.29) is 0 Å². The summed E-state index contributed by atoms with van der Waals surface area (Å²) in [7, 11) is -6.23. The Kier molecular flexibility index (Phi) is 23.0. The lowest BCUT2D eigenvalue weighted by Gasteiger charge is -2.15. The second-order valence-electron chi connectivity index (χ2n) is 8.73. The van der Waals surface area contributed by atoms with Crippen LogP contribution in [0.1, 0.15) is 117 Å². The molecule has 2 atom stereocenters. The summed E-state index contributed by atoms with van der Waals surface area (Å²) in [6.07, 6.45) is 17.3. The summed E-state index contributed by atoms with van der Waals surface area (Å²) in [5, 5.41) is 0. The van der Waals surface area contributed by atoms with E-state index in [4.69, 9.17) is 18.1 Å². The van der Waals surface area contributed by atoms with Crippen LogP contribution in [0.2, 0.25) is 0 Å². The number of hydrogen-bond acceptors (Lipinski definition) is 6. The van der Waals surface area contributed by atoms with Crippen molar-refractivity contribution in [2.75, 3.05) is 26.4 Å². The molecule has 0 aliphatic carbocycles. The highest BCUT2D eigenvalue weighted by atomic mass is 31.2. The second-order valence-corrected chi connectivity index (χ2v) is 12.6. The Bertz CT molecular complexity index is 532. The van der Waals surface area contributed by atoms with Crippen LogP contribution in [0.3, 0.4) is 0 Å². The molecule has 34 heavy (non-hydrogen) atoms. The molecule has 0 bridgehead atoms. The summed E-state index contributed by atoms with van der Waals surface area (Å²) < 4.78 is 46.6. The molecule has 2 unspecified atom stereocenters. The third-order valence-electron chi connectivity index (χ3n) is 5.57. The number of rotatable bonds is 27. The maximum Gasteiger partial charge on any atom is 0.353 e. The van der Waals surface area contributed by atoms with Gasteiger partial charge in [-0.2, -0.15) is 0 Å². The van der Waals surface area contributed by atoms with E-state index in [0.29, 0.717) is 26.4 Å². The first-order valence-corrected chi connectivity index (χ1v) is 16.7. The molecule has 0 saturated carbocycles. The van der Waals surface area contributed by atoms with Crippen LogP contribution in [-0.2, 0) is 27.2 Å². The molecule has 0 rings (SSSR count). The van der Waals surface area contributed by atoms with Crippen LogP contribution < -0.4 is 0 Å². The van der Waals surface area contributed by atoms with Crippen molar-refractivity contribution in [1.82, 2.24) is 0 Å². The van der Waals surface area contributed by atoms with Gasteiger partial charge in [0, 0.05) is 11.6 Å². The van der Waals surface area contributed by atoms with Gasteiger partial charge in [0.25, 0.3) is 0 Å². The van der Waals surface area contributed by atoms with Crippen LogP contribution in [0.4, 0.5) is 0 Å². The van der Waals surface area contributed by atoms with Crippen molar-refractivity contribution in [3.05, 3.63) is 24.8 Å². The third kappa shape index (κ3) is 20.0. The SMILES string of the molecule is C=CP(=O)(OCCCCC)OCCCCCCCCCCCCOP(=O)(C=C)OCCCCC. The average molecular weight is 523 g/mol. The lowest BCUT2D eigenvalue weighted by molar-refractivity contribution is 0.204. The predicted octanol–water partition coefficient (Wildman–Crippen LogP) is 10.0. The molecule has 0 radical (unpaired) electrons. The molecule has 0 saturated heterocycles. The molecule has 8 heteroatoms. The Morgan fingerprint density at radius 3 is 0.941 bits per heavy atom. The third-order valence-corrected chi connectivity index (χ3v) is 8.63. The summed E-state index contributed by atoms with van der Waals surface area (Å²) in [4.78, 5) is 0. The van der Waals surface area contributed by atoms with Gasteiger partial charge in [-0.05, 0) is 25.7 Å². The highest BCUT2D eigenvalue weighted by molar-refractivity contribution is 7.57. The zero-order valence-corrected chi connectivity index (χ0v) is 23.8. The van der Waals surface area contributed by atoms with Gasteiger partial charge in [-0.3, -0.25) is 9.13 Å². The Hall–Kier alpha value is -0.220. The molecule has 0 aliphatic rings. The van der Waals surface area contributed by atoms with Gasteiger partial charge in [0.15, 0.2) is 0 Å². The number of unbranched alkanes of at least 4 members (excludes halogenated alkanes) is 13. The fourth-order valence-corrected chi connectivity index (χ4v) is 5.48. The molecule has 0 N–H and O–H groups in total. The molecular formula is C26H52O6P2. The molecule has 0 heterocycles. The summed E-state index contributed by atoms with van der Waals surface area (Å²) in [6, 6.07) is 0. The molecule has 0 spiro atoms. The molecule has 0 fully saturated rings. The monoisotopic (exact) mass is 522 g/mol. The summed E-state index contributed by atoms with van der Waals surface area (Å²) in [5.41, 5.74) is 0. The zero-order chi connectivity index (χ0) is 25.4. The Morgan fingerprint density at radius 2 is 0.706 bits per heavy atom. The maximum atomic E-state index is 12.4. The highest BCUT2D eigenvalue weighted by Crippen LogP contribution is 2.50. The number of hydrogen-bond donors (Lipinski definition) is 0. The summed E-state index contributed by atoms with van der Waals surface area (Å²) >= 11 is 0. The largest absolute Gasteiger partial charge is 0.353 e. The van der Waals surface area contributed by atoms with Crippen molar-refractivity contribution in [3.8, 4) is 0 Å². The van der Waals surface area contributed by atoms with E-state index in [1.54, 1.807) is 0 Å². The second kappa shape index (κ2) is 23.2. The van der Waals surface area contributed by atoms with E-state index in [2.05, 4.69) is 27.0 Å². The van der Waals surface area contributed by atoms with Crippen molar-refractivity contribution in [2.24, 2.45) is 0 Å². The van der Waals surface area contributed by atoms with Gasteiger partial charge in [-0.15, -0.1) is 0 Å². The quantitative estimate of drug-likeness (QED) is 0.0789. The highest BCUT2D eigenvalue weighted by Gasteiger charge is 2.19. The van der Waals surface area contributed by atoms with E-state index in [1.165, 1.54) is 50.2 Å². The van der Waals surface area contributed by atoms with Crippen molar-refractivity contribution in [2.45, 2.75) is 117 Å². The van der Waals surface area contributed by atoms with Crippen molar-refractivity contribution >= 4 is 15.2 Å². The maximum absolute atomic E-state index is 12.4. The first-order chi connectivity index (χ1) is 16.4. The molecule has 0 amide bonds. The fourth-order valence-electron chi connectivity index (χ4n) is 3.37. The van der Waals surface area contributed by atoms with Gasteiger partial charge in [0.2, 0.25) is 0 Å². The van der Waals surface area contributed by atoms with Gasteiger partial charge < -0.3 is 18.1 Å². The molecule has 202 valence electrons. The van der Waals surface area contributed by atoms with Gasteiger partial charge in [-0.25, -0.2) is 0 Å². The predicted molar refractivity (Wildman–Crippen MR) is 145 cm³/mol. The molecular weight excluding hydrogens is 470 g/mol. The minimum Gasteiger partial charge on any atom is -0.306 e. The Morgan fingerprint density at radius 1 is 0.471 bits per heavy atom. The van der Waals surface area contributed by atoms with E-state index in [1.807, 2.05) is 0 Å². The fraction of sp³-hybridized carbons (Fsp3) is 0.846. The first-order valence-electron chi connectivity index (χ1n) is 13.5. The van der Waals surface area contributed by atoms with Crippen LogP contribution in [0.5, 0.6) is 0 Å². The lowest BCUT2D eigenvalue weighted by atomic mass is 10.1. The van der Waals surface area contributed by atoms with Crippen molar-refractivity contribution in [1.29, 1.82) is 0 Å². The Balaban J connectivity index is 3.55. The van der Waals surface area contributed by atoms with Gasteiger partial charge >= 0.3 is 15.2 Å². The molecule has 0 aromatic carbocycles. The zero-order valence-electron chi connectivity index (χ0n) is 22.1. The van der Waals surface area contributed by atoms with E-state index in [0.717, 1.165) is 64.2 Å². The average Bonchev–Trinajstić information content (AvgIpc) is 2.85. The van der Waals surface area contributed by atoms with Crippen molar-refractivity contribution < 1.29 is 27.2 Å². The van der Waals surface area contributed by atoms with Crippen LogP contribution in [0.25, 0.3) is 0 Å². The molecule has 0 aromatic heterocycles. The minimum atomic E-state index is -3.11. The first kappa shape index (κ1) is 33.8. The van der Waals surface area contributed by atoms with Crippen LogP contribution in [0, 0.1) is 0 Å². The molecule has 0 aromatic rings. The van der Waals surface area contributed by atoms with Gasteiger partial charge in [-0.1, -0.05) is 104 Å². The van der Waals surface area contributed by atoms with E-state index >= 15 is 0 Å². The van der Waals surface area contributed by atoms with Gasteiger partial charge in [0.1, 0.15) is 0 Å². The standard InChI is InChI=1S/C26H52O6P2/c1-5-9-19-23-29-33(27,7-3)31-25-21-17-15-13-11-12-14-16-18-22-26-32-34(28,8-4)30-24-20-10-6-2/h7-8H,3-6,9-26H2,1-2H3.